The molecule has 0 N–H and O–H groups in total. The molecule has 1 aromatic carbocycles. The van der Waals surface area contributed by atoms with Gasteiger partial charge >= 0.3 is 0 Å². The molecular formula is C9H9NO3S. The lowest BCUT2D eigenvalue weighted by Gasteiger charge is -2.07. The van der Waals surface area contributed by atoms with E-state index in [2.05, 4.69) is 0 Å². The SMILES string of the molecule is O=[N+]([O-])c1cccc(C2OCCS2)c1. The molecule has 1 aromatic rings. The summed E-state index contributed by atoms with van der Waals surface area (Å²) >= 11 is 1.67. The Morgan fingerprint density at radius 2 is 2.43 bits per heavy atom. The largest absolute Gasteiger partial charge is 0.362 e. The van der Waals surface area contributed by atoms with Crippen LogP contribution in [-0.4, -0.2) is 17.3 Å². The third-order valence-corrected chi connectivity index (χ3v) is 3.09. The first-order valence-electron chi connectivity index (χ1n) is 4.25. The second-order valence-corrected chi connectivity index (χ2v) is 4.10. The van der Waals surface area contributed by atoms with Crippen molar-refractivity contribution >= 4 is 17.4 Å². The highest BCUT2D eigenvalue weighted by Crippen LogP contribution is 2.35. The summed E-state index contributed by atoms with van der Waals surface area (Å²) in [7, 11) is 0. The van der Waals surface area contributed by atoms with Gasteiger partial charge in [-0.15, -0.1) is 11.8 Å². The molecule has 0 amide bonds. The summed E-state index contributed by atoms with van der Waals surface area (Å²) in [5.41, 5.74) is 0.968. The van der Waals surface area contributed by atoms with E-state index >= 15 is 0 Å². The summed E-state index contributed by atoms with van der Waals surface area (Å²) in [5, 5.41) is 10.5. The number of nitro groups is 1. The summed E-state index contributed by atoms with van der Waals surface area (Å²) in [6, 6.07) is 6.61. The fourth-order valence-electron chi connectivity index (χ4n) is 1.34. The number of hydrogen-bond donors (Lipinski definition) is 0. The van der Waals surface area contributed by atoms with Gasteiger partial charge in [-0.1, -0.05) is 12.1 Å². The maximum absolute atomic E-state index is 10.5. The Kier molecular flexibility index (Phi) is 2.69. The average Bonchev–Trinajstić information content (AvgIpc) is 2.71. The Morgan fingerprint density at radius 3 is 3.07 bits per heavy atom. The first kappa shape index (κ1) is 9.48. The third kappa shape index (κ3) is 1.88. The number of benzene rings is 1. The molecule has 14 heavy (non-hydrogen) atoms. The van der Waals surface area contributed by atoms with Crippen LogP contribution in [0.25, 0.3) is 0 Å². The van der Waals surface area contributed by atoms with Crippen molar-refractivity contribution in [2.45, 2.75) is 5.44 Å². The Bertz CT molecular complexity index is 350. The minimum absolute atomic E-state index is 0.0325. The van der Waals surface area contributed by atoms with Crippen molar-refractivity contribution in [2.75, 3.05) is 12.4 Å². The Hall–Kier alpha value is -1.07. The molecule has 0 radical (unpaired) electrons. The van der Waals surface area contributed by atoms with E-state index in [9.17, 15) is 10.1 Å². The lowest BCUT2D eigenvalue weighted by molar-refractivity contribution is -0.384. The zero-order valence-corrected chi connectivity index (χ0v) is 8.20. The zero-order valence-electron chi connectivity index (χ0n) is 7.38. The summed E-state index contributed by atoms with van der Waals surface area (Å²) < 4.78 is 5.41. The molecule has 1 aliphatic rings. The van der Waals surface area contributed by atoms with E-state index in [1.807, 2.05) is 6.07 Å². The molecule has 74 valence electrons. The fraction of sp³-hybridized carbons (Fsp3) is 0.333. The normalized spacial score (nSPS) is 21.0. The first-order chi connectivity index (χ1) is 6.77. The van der Waals surface area contributed by atoms with Crippen LogP contribution in [0, 0.1) is 10.1 Å². The van der Waals surface area contributed by atoms with Crippen LogP contribution in [0.5, 0.6) is 0 Å². The smallest absolute Gasteiger partial charge is 0.269 e. The molecule has 0 spiro atoms. The predicted octanol–water partition coefficient (Wildman–Crippen LogP) is 2.36. The molecule has 1 unspecified atom stereocenters. The highest BCUT2D eigenvalue weighted by Gasteiger charge is 2.19. The van der Waals surface area contributed by atoms with Gasteiger partial charge in [0.25, 0.3) is 5.69 Å². The van der Waals surface area contributed by atoms with Crippen molar-refractivity contribution < 1.29 is 9.66 Å². The van der Waals surface area contributed by atoms with Crippen LogP contribution in [0.1, 0.15) is 11.0 Å². The number of nitro benzene ring substituents is 1. The van der Waals surface area contributed by atoms with E-state index in [0.717, 1.165) is 17.9 Å². The molecule has 5 heteroatoms. The Labute approximate surface area is 85.4 Å². The molecule has 1 aliphatic heterocycles. The third-order valence-electron chi connectivity index (χ3n) is 1.97. The van der Waals surface area contributed by atoms with E-state index in [0.29, 0.717) is 0 Å². The molecule has 1 atom stereocenters. The van der Waals surface area contributed by atoms with E-state index in [4.69, 9.17) is 4.74 Å². The van der Waals surface area contributed by atoms with Gasteiger partial charge in [-0.25, -0.2) is 0 Å². The highest BCUT2D eigenvalue weighted by molar-refractivity contribution is 7.99. The zero-order chi connectivity index (χ0) is 9.97. The van der Waals surface area contributed by atoms with Gasteiger partial charge in [0.2, 0.25) is 0 Å². The van der Waals surface area contributed by atoms with Gasteiger partial charge in [-0.05, 0) is 5.56 Å². The summed E-state index contributed by atoms with van der Waals surface area (Å²) in [4.78, 5) is 10.1. The number of non-ortho nitro benzene ring substituents is 1. The highest BCUT2D eigenvalue weighted by atomic mass is 32.2. The molecule has 0 aromatic heterocycles. The number of nitrogens with zero attached hydrogens (tertiary/aromatic N) is 1. The topological polar surface area (TPSA) is 52.4 Å². The minimum Gasteiger partial charge on any atom is -0.362 e. The summed E-state index contributed by atoms with van der Waals surface area (Å²) in [5.74, 6) is 0.952. The summed E-state index contributed by atoms with van der Waals surface area (Å²) in [6.45, 7) is 0.720. The van der Waals surface area contributed by atoms with E-state index in [1.165, 1.54) is 6.07 Å². The summed E-state index contributed by atoms with van der Waals surface area (Å²) in [6.07, 6.45) is 0. The number of ether oxygens (including phenoxy) is 1. The van der Waals surface area contributed by atoms with Crippen LogP contribution < -0.4 is 0 Å². The molecule has 0 aliphatic carbocycles. The van der Waals surface area contributed by atoms with Gasteiger partial charge in [0.15, 0.2) is 0 Å². The predicted molar refractivity (Wildman–Crippen MR) is 54.2 cm³/mol. The monoisotopic (exact) mass is 211 g/mol. The van der Waals surface area contributed by atoms with E-state index < -0.39 is 0 Å². The van der Waals surface area contributed by atoms with Gasteiger partial charge < -0.3 is 4.74 Å². The van der Waals surface area contributed by atoms with Crippen molar-refractivity contribution in [3.05, 3.63) is 39.9 Å². The molecule has 1 heterocycles. The maximum Gasteiger partial charge on any atom is 0.269 e. The number of hydrogen-bond acceptors (Lipinski definition) is 4. The van der Waals surface area contributed by atoms with Gasteiger partial charge in [0.05, 0.1) is 11.5 Å². The van der Waals surface area contributed by atoms with Gasteiger partial charge in [-0.2, -0.15) is 0 Å². The number of rotatable bonds is 2. The van der Waals surface area contributed by atoms with Crippen molar-refractivity contribution in [3.63, 3.8) is 0 Å². The Balaban J connectivity index is 2.25. The van der Waals surface area contributed by atoms with Crippen LogP contribution in [-0.2, 0) is 4.74 Å². The van der Waals surface area contributed by atoms with Gasteiger partial charge in [0.1, 0.15) is 5.44 Å². The van der Waals surface area contributed by atoms with Crippen molar-refractivity contribution in [1.29, 1.82) is 0 Å². The van der Waals surface area contributed by atoms with Crippen molar-refractivity contribution in [2.24, 2.45) is 0 Å². The molecule has 0 saturated carbocycles. The van der Waals surface area contributed by atoms with E-state index in [-0.39, 0.29) is 16.0 Å². The average molecular weight is 211 g/mol. The first-order valence-corrected chi connectivity index (χ1v) is 5.30. The fourth-order valence-corrected chi connectivity index (χ4v) is 2.27. The van der Waals surface area contributed by atoms with Gasteiger partial charge in [-0.3, -0.25) is 10.1 Å². The quantitative estimate of drug-likeness (QED) is 0.556. The van der Waals surface area contributed by atoms with Crippen LogP contribution in [0.4, 0.5) is 5.69 Å². The molecule has 1 saturated heterocycles. The molecular weight excluding hydrogens is 202 g/mol. The number of thioether (sulfide) groups is 1. The van der Waals surface area contributed by atoms with Crippen LogP contribution in [0.15, 0.2) is 24.3 Å². The second-order valence-electron chi connectivity index (χ2n) is 2.93. The van der Waals surface area contributed by atoms with Gasteiger partial charge in [0, 0.05) is 17.9 Å². The molecule has 1 fully saturated rings. The van der Waals surface area contributed by atoms with Crippen LogP contribution in [0.2, 0.25) is 0 Å². The van der Waals surface area contributed by atoms with Crippen LogP contribution in [0.3, 0.4) is 0 Å². The molecule has 4 nitrogen and oxygen atoms in total. The van der Waals surface area contributed by atoms with E-state index in [1.54, 1.807) is 23.9 Å². The standard InChI is InChI=1S/C9H9NO3S/c11-10(12)8-3-1-2-7(6-8)9-13-4-5-14-9/h1-3,6,9H,4-5H2. The van der Waals surface area contributed by atoms with Crippen molar-refractivity contribution in [3.8, 4) is 0 Å². The van der Waals surface area contributed by atoms with Crippen molar-refractivity contribution in [1.82, 2.24) is 0 Å². The van der Waals surface area contributed by atoms with Crippen LogP contribution >= 0.6 is 11.8 Å². The lowest BCUT2D eigenvalue weighted by atomic mass is 10.2. The minimum atomic E-state index is -0.386. The Morgan fingerprint density at radius 1 is 1.57 bits per heavy atom. The molecule has 2 rings (SSSR count). The second kappa shape index (κ2) is 3.98. The lowest BCUT2D eigenvalue weighted by Crippen LogP contribution is -1.95. The molecule has 0 bridgehead atoms. The maximum atomic E-state index is 10.5.